The number of nitrogens with zero attached hydrogens (tertiary/aromatic N) is 2. The molecule has 1 aliphatic heterocycles. The third-order valence-corrected chi connectivity index (χ3v) is 3.69. The number of rotatable bonds is 5. The van der Waals surface area contributed by atoms with Gasteiger partial charge < -0.3 is 14.8 Å². The van der Waals surface area contributed by atoms with E-state index in [0.29, 0.717) is 5.92 Å². The van der Waals surface area contributed by atoms with E-state index < -0.39 is 0 Å². The van der Waals surface area contributed by atoms with E-state index >= 15 is 0 Å². The largest absolute Gasteiger partial charge is 0.493 e. The molecular formula is C16H19N3O2. The second-order valence-corrected chi connectivity index (χ2v) is 5.05. The average Bonchev–Trinajstić information content (AvgIpc) is 3.08. The molecule has 2 aromatic rings. The summed E-state index contributed by atoms with van der Waals surface area (Å²) in [6, 6.07) is 9.49. The minimum Gasteiger partial charge on any atom is -0.493 e. The van der Waals surface area contributed by atoms with Crippen molar-refractivity contribution >= 4 is 0 Å². The van der Waals surface area contributed by atoms with Crippen LogP contribution in [0.5, 0.6) is 11.5 Å². The Morgan fingerprint density at radius 3 is 2.57 bits per heavy atom. The molecule has 1 aromatic heterocycles. The molecule has 0 saturated carbocycles. The van der Waals surface area contributed by atoms with E-state index in [4.69, 9.17) is 9.47 Å². The highest BCUT2D eigenvalue weighted by Gasteiger charge is 2.30. The van der Waals surface area contributed by atoms with Gasteiger partial charge in [0, 0.05) is 24.9 Å². The molecule has 0 radical (unpaired) electrons. The standard InChI is InChI=1S/C16H19N3O2/c1-20-13-5-2-3-6-14(13)21-15(12-7-10-17-11-12)16-18-8-4-9-19-16/h2-6,8-9,12,15,17H,7,10-11H2,1H3/t12?,15-/m0/s1. The van der Waals surface area contributed by atoms with Crippen LogP contribution in [0.2, 0.25) is 0 Å². The lowest BCUT2D eigenvalue weighted by atomic mass is 10.0. The van der Waals surface area contributed by atoms with Crippen molar-refractivity contribution in [1.82, 2.24) is 15.3 Å². The Bertz CT molecular complexity index is 571. The van der Waals surface area contributed by atoms with Crippen molar-refractivity contribution in [3.63, 3.8) is 0 Å². The smallest absolute Gasteiger partial charge is 0.169 e. The van der Waals surface area contributed by atoms with Gasteiger partial charge in [-0.3, -0.25) is 0 Å². The zero-order valence-electron chi connectivity index (χ0n) is 12.0. The predicted octanol–water partition coefficient (Wildman–Crippen LogP) is 2.21. The van der Waals surface area contributed by atoms with Crippen LogP contribution in [0.15, 0.2) is 42.7 Å². The SMILES string of the molecule is COc1ccccc1O[C@H](c1ncccn1)C1CCNC1. The van der Waals surface area contributed by atoms with Crippen LogP contribution in [0.3, 0.4) is 0 Å². The zero-order valence-corrected chi connectivity index (χ0v) is 12.0. The molecule has 110 valence electrons. The van der Waals surface area contributed by atoms with Crippen LogP contribution in [0.25, 0.3) is 0 Å². The maximum atomic E-state index is 6.22. The first-order chi connectivity index (χ1) is 10.4. The highest BCUT2D eigenvalue weighted by Crippen LogP contribution is 2.34. The van der Waals surface area contributed by atoms with Gasteiger partial charge in [0.25, 0.3) is 0 Å². The van der Waals surface area contributed by atoms with Gasteiger partial charge in [-0.1, -0.05) is 12.1 Å². The monoisotopic (exact) mass is 285 g/mol. The normalized spacial score (nSPS) is 19.2. The van der Waals surface area contributed by atoms with Crippen molar-refractivity contribution in [3.8, 4) is 11.5 Å². The van der Waals surface area contributed by atoms with E-state index in [0.717, 1.165) is 36.8 Å². The van der Waals surface area contributed by atoms with E-state index in [9.17, 15) is 0 Å². The molecular weight excluding hydrogens is 266 g/mol. The van der Waals surface area contributed by atoms with E-state index in [1.165, 1.54) is 0 Å². The Balaban J connectivity index is 1.88. The van der Waals surface area contributed by atoms with Gasteiger partial charge in [0.15, 0.2) is 23.4 Å². The molecule has 1 saturated heterocycles. The summed E-state index contributed by atoms with van der Waals surface area (Å²) in [5.74, 6) is 2.53. The number of ether oxygens (including phenoxy) is 2. The third-order valence-electron chi connectivity index (χ3n) is 3.69. The molecule has 21 heavy (non-hydrogen) atoms. The van der Waals surface area contributed by atoms with Gasteiger partial charge in [0.05, 0.1) is 7.11 Å². The van der Waals surface area contributed by atoms with Gasteiger partial charge in [-0.25, -0.2) is 9.97 Å². The molecule has 0 bridgehead atoms. The Morgan fingerprint density at radius 1 is 1.14 bits per heavy atom. The Morgan fingerprint density at radius 2 is 1.90 bits per heavy atom. The van der Waals surface area contributed by atoms with Crippen LogP contribution in [-0.4, -0.2) is 30.2 Å². The third kappa shape index (κ3) is 3.13. The van der Waals surface area contributed by atoms with Crippen LogP contribution in [0.4, 0.5) is 0 Å². The zero-order chi connectivity index (χ0) is 14.5. The molecule has 1 aliphatic rings. The van der Waals surface area contributed by atoms with Crippen molar-refractivity contribution in [3.05, 3.63) is 48.5 Å². The summed E-state index contributed by atoms with van der Waals surface area (Å²) >= 11 is 0. The van der Waals surface area contributed by atoms with Crippen LogP contribution in [0.1, 0.15) is 18.3 Å². The fourth-order valence-electron chi connectivity index (χ4n) is 2.61. The minimum atomic E-state index is -0.169. The van der Waals surface area contributed by atoms with Crippen LogP contribution in [-0.2, 0) is 0 Å². The average molecular weight is 285 g/mol. The predicted molar refractivity (Wildman–Crippen MR) is 79.4 cm³/mol. The lowest BCUT2D eigenvalue weighted by molar-refractivity contribution is 0.130. The van der Waals surface area contributed by atoms with E-state index in [-0.39, 0.29) is 6.10 Å². The van der Waals surface area contributed by atoms with Gasteiger partial charge in [-0.15, -0.1) is 0 Å². The maximum absolute atomic E-state index is 6.22. The van der Waals surface area contributed by atoms with Gasteiger partial charge in [0.2, 0.25) is 0 Å². The number of para-hydroxylation sites is 2. The van der Waals surface area contributed by atoms with Gasteiger partial charge in [-0.05, 0) is 31.2 Å². The summed E-state index contributed by atoms with van der Waals surface area (Å²) in [5, 5.41) is 3.37. The fourth-order valence-corrected chi connectivity index (χ4v) is 2.61. The first kappa shape index (κ1) is 13.8. The topological polar surface area (TPSA) is 56.3 Å². The summed E-state index contributed by atoms with van der Waals surface area (Å²) in [6.07, 6.45) is 4.39. The molecule has 0 spiro atoms. The van der Waals surface area contributed by atoms with Crippen molar-refractivity contribution in [2.75, 3.05) is 20.2 Å². The fraction of sp³-hybridized carbons (Fsp3) is 0.375. The molecule has 0 amide bonds. The Labute approximate surface area is 124 Å². The first-order valence-electron chi connectivity index (χ1n) is 7.16. The summed E-state index contributed by atoms with van der Waals surface area (Å²) in [4.78, 5) is 8.74. The number of benzene rings is 1. The van der Waals surface area contributed by atoms with Crippen molar-refractivity contribution in [2.45, 2.75) is 12.5 Å². The number of aromatic nitrogens is 2. The molecule has 2 heterocycles. The summed E-state index contributed by atoms with van der Waals surface area (Å²) in [7, 11) is 1.65. The summed E-state index contributed by atoms with van der Waals surface area (Å²) in [6.45, 7) is 1.92. The molecule has 3 rings (SSSR count). The van der Waals surface area contributed by atoms with Crippen molar-refractivity contribution in [1.29, 1.82) is 0 Å². The van der Waals surface area contributed by atoms with Gasteiger partial charge >= 0.3 is 0 Å². The van der Waals surface area contributed by atoms with Crippen LogP contribution >= 0.6 is 0 Å². The Kier molecular flexibility index (Phi) is 4.31. The second kappa shape index (κ2) is 6.54. The second-order valence-electron chi connectivity index (χ2n) is 5.05. The molecule has 1 aromatic carbocycles. The highest BCUT2D eigenvalue weighted by molar-refractivity contribution is 5.39. The van der Waals surface area contributed by atoms with Gasteiger partial charge in [-0.2, -0.15) is 0 Å². The van der Waals surface area contributed by atoms with Crippen LogP contribution in [0, 0.1) is 5.92 Å². The van der Waals surface area contributed by atoms with Crippen LogP contribution < -0.4 is 14.8 Å². The molecule has 1 fully saturated rings. The highest BCUT2D eigenvalue weighted by atomic mass is 16.5. The van der Waals surface area contributed by atoms with Crippen molar-refractivity contribution < 1.29 is 9.47 Å². The van der Waals surface area contributed by atoms with E-state index in [1.807, 2.05) is 30.3 Å². The molecule has 5 heteroatoms. The number of hydrogen-bond donors (Lipinski definition) is 1. The minimum absolute atomic E-state index is 0.169. The lowest BCUT2D eigenvalue weighted by Crippen LogP contribution is -2.23. The van der Waals surface area contributed by atoms with Gasteiger partial charge in [0.1, 0.15) is 0 Å². The summed E-state index contributed by atoms with van der Waals surface area (Å²) < 4.78 is 11.6. The summed E-state index contributed by atoms with van der Waals surface area (Å²) in [5.41, 5.74) is 0. The lowest BCUT2D eigenvalue weighted by Gasteiger charge is -2.23. The number of nitrogens with one attached hydrogen (secondary N) is 1. The maximum Gasteiger partial charge on any atom is 0.169 e. The molecule has 0 aliphatic carbocycles. The van der Waals surface area contributed by atoms with E-state index in [2.05, 4.69) is 15.3 Å². The Hall–Kier alpha value is -2.14. The molecule has 2 atom stereocenters. The number of hydrogen-bond acceptors (Lipinski definition) is 5. The molecule has 1 N–H and O–H groups in total. The van der Waals surface area contributed by atoms with Crippen molar-refractivity contribution in [2.24, 2.45) is 5.92 Å². The number of methoxy groups -OCH3 is 1. The molecule has 5 nitrogen and oxygen atoms in total. The quantitative estimate of drug-likeness (QED) is 0.913. The van der Waals surface area contributed by atoms with E-state index in [1.54, 1.807) is 19.5 Å². The first-order valence-corrected chi connectivity index (χ1v) is 7.16. The molecule has 1 unspecified atom stereocenters.